The van der Waals surface area contributed by atoms with Gasteiger partial charge in [0.25, 0.3) is 0 Å². The topological polar surface area (TPSA) is 60.2 Å². The zero-order valence-electron chi connectivity index (χ0n) is 11.1. The fourth-order valence-electron chi connectivity index (χ4n) is 2.61. The van der Waals surface area contributed by atoms with Gasteiger partial charge in [-0.1, -0.05) is 26.2 Å². The zero-order chi connectivity index (χ0) is 12.8. The Kier molecular flexibility index (Phi) is 4.96. The predicted octanol–water partition coefficient (Wildman–Crippen LogP) is 2.85. The van der Waals surface area contributed by atoms with E-state index < -0.39 is 0 Å². The first-order valence-corrected chi connectivity index (χ1v) is 6.85. The van der Waals surface area contributed by atoms with Crippen LogP contribution in [0.2, 0.25) is 0 Å². The molecule has 3 N–H and O–H groups in total. The molecular formula is C14H23N3O. The van der Waals surface area contributed by atoms with Gasteiger partial charge in [-0.3, -0.25) is 10.8 Å². The van der Waals surface area contributed by atoms with Gasteiger partial charge in [-0.25, -0.2) is 0 Å². The molecule has 18 heavy (non-hydrogen) atoms. The van der Waals surface area contributed by atoms with Crippen LogP contribution in [0.5, 0.6) is 0 Å². The number of hydrogen-bond donors (Lipinski definition) is 2. The first-order chi connectivity index (χ1) is 8.81. The van der Waals surface area contributed by atoms with Gasteiger partial charge in [0, 0.05) is 6.20 Å². The van der Waals surface area contributed by atoms with Gasteiger partial charge < -0.3 is 10.2 Å². The fraction of sp³-hybridized carbons (Fsp3) is 0.643. The van der Waals surface area contributed by atoms with Crippen LogP contribution in [-0.2, 0) is 11.3 Å². The summed E-state index contributed by atoms with van der Waals surface area (Å²) >= 11 is 0. The summed E-state index contributed by atoms with van der Waals surface area (Å²) in [6, 6.07) is 3.78. The minimum absolute atomic E-state index is 0.403. The van der Waals surface area contributed by atoms with Gasteiger partial charge in [-0.15, -0.1) is 0 Å². The Morgan fingerprint density at radius 3 is 3.17 bits per heavy atom. The third kappa shape index (κ3) is 3.68. The van der Waals surface area contributed by atoms with E-state index >= 15 is 0 Å². The number of hydrogen-bond acceptors (Lipinski definition) is 4. The Hall–Kier alpha value is -1.13. The maximum Gasteiger partial charge on any atom is 0.0892 e. The lowest BCUT2D eigenvalue weighted by Crippen LogP contribution is -2.22. The first kappa shape index (κ1) is 13.3. The number of nitrogen functional groups attached to an aromatic ring is 1. The molecular weight excluding hydrogens is 226 g/mol. The highest BCUT2D eigenvalue weighted by atomic mass is 16.5. The third-order valence-electron chi connectivity index (χ3n) is 3.76. The number of anilines is 1. The Balaban J connectivity index is 1.83. The van der Waals surface area contributed by atoms with Gasteiger partial charge >= 0.3 is 0 Å². The van der Waals surface area contributed by atoms with Gasteiger partial charge in [0.05, 0.1) is 24.1 Å². The van der Waals surface area contributed by atoms with Crippen molar-refractivity contribution in [2.24, 2.45) is 11.8 Å². The summed E-state index contributed by atoms with van der Waals surface area (Å²) in [6.07, 6.45) is 8.47. The molecule has 100 valence electrons. The zero-order valence-corrected chi connectivity index (χ0v) is 11.1. The maximum absolute atomic E-state index is 5.97. The van der Waals surface area contributed by atoms with Crippen molar-refractivity contribution in [3.63, 3.8) is 0 Å². The molecule has 4 heteroatoms. The van der Waals surface area contributed by atoms with Crippen molar-refractivity contribution in [2.75, 3.05) is 5.43 Å². The molecule has 1 aliphatic rings. The number of aromatic nitrogens is 1. The Labute approximate surface area is 109 Å². The molecule has 4 nitrogen and oxygen atoms in total. The van der Waals surface area contributed by atoms with Crippen molar-refractivity contribution in [1.82, 2.24) is 4.98 Å². The molecule has 1 saturated carbocycles. The van der Waals surface area contributed by atoms with Crippen molar-refractivity contribution >= 4 is 5.69 Å². The second-order valence-electron chi connectivity index (χ2n) is 5.05. The van der Waals surface area contributed by atoms with E-state index in [1.807, 2.05) is 12.1 Å². The molecule has 0 bridgehead atoms. The maximum atomic E-state index is 5.97. The van der Waals surface area contributed by atoms with Crippen LogP contribution in [0.4, 0.5) is 5.69 Å². The van der Waals surface area contributed by atoms with Crippen molar-refractivity contribution in [3.8, 4) is 0 Å². The molecule has 0 saturated heterocycles. The predicted molar refractivity (Wildman–Crippen MR) is 72.9 cm³/mol. The molecule has 2 rings (SSSR count). The summed E-state index contributed by atoms with van der Waals surface area (Å²) in [6.45, 7) is 2.85. The number of hydrazine groups is 1. The van der Waals surface area contributed by atoms with Crippen LogP contribution in [-0.4, -0.2) is 11.1 Å². The molecule has 0 aliphatic heterocycles. The lowest BCUT2D eigenvalue weighted by molar-refractivity contribution is 0.000369. The first-order valence-electron chi connectivity index (χ1n) is 6.85. The molecule has 2 unspecified atom stereocenters. The van der Waals surface area contributed by atoms with E-state index in [2.05, 4.69) is 17.3 Å². The van der Waals surface area contributed by atoms with Crippen LogP contribution >= 0.6 is 0 Å². The summed E-state index contributed by atoms with van der Waals surface area (Å²) < 4.78 is 5.97. The summed E-state index contributed by atoms with van der Waals surface area (Å²) in [7, 11) is 0. The summed E-state index contributed by atoms with van der Waals surface area (Å²) in [4.78, 5) is 4.29. The molecule has 0 amide bonds. The van der Waals surface area contributed by atoms with Gasteiger partial charge in [0.2, 0.25) is 0 Å². The van der Waals surface area contributed by atoms with Crippen molar-refractivity contribution < 1.29 is 4.74 Å². The molecule has 1 aliphatic carbocycles. The number of pyridine rings is 1. The average molecular weight is 249 g/mol. The second-order valence-corrected chi connectivity index (χ2v) is 5.05. The van der Waals surface area contributed by atoms with Crippen LogP contribution in [0, 0.1) is 5.92 Å². The largest absolute Gasteiger partial charge is 0.372 e. The van der Waals surface area contributed by atoms with E-state index in [4.69, 9.17) is 10.6 Å². The highest BCUT2D eigenvalue weighted by Gasteiger charge is 2.21. The number of ether oxygens (including phenoxy) is 1. The van der Waals surface area contributed by atoms with Gasteiger partial charge in [0.1, 0.15) is 0 Å². The van der Waals surface area contributed by atoms with Gasteiger partial charge in [-0.05, 0) is 30.9 Å². The second kappa shape index (κ2) is 6.71. The lowest BCUT2D eigenvalue weighted by Gasteiger charge is -2.28. The SMILES string of the molecule is CCC1CCCC(OCc2cc(NN)ccn2)C1. The van der Waals surface area contributed by atoms with E-state index in [0.717, 1.165) is 17.3 Å². The summed E-state index contributed by atoms with van der Waals surface area (Å²) in [5, 5.41) is 0. The molecule has 0 radical (unpaired) electrons. The normalized spacial score (nSPS) is 23.9. The third-order valence-corrected chi connectivity index (χ3v) is 3.76. The van der Waals surface area contributed by atoms with Crippen molar-refractivity contribution in [1.29, 1.82) is 0 Å². The van der Waals surface area contributed by atoms with Gasteiger partial charge in [0.15, 0.2) is 0 Å². The van der Waals surface area contributed by atoms with Crippen LogP contribution in [0.3, 0.4) is 0 Å². The van der Waals surface area contributed by atoms with Gasteiger partial charge in [-0.2, -0.15) is 0 Å². The monoisotopic (exact) mass is 249 g/mol. The standard InChI is InChI=1S/C14H23N3O/c1-2-11-4-3-5-14(8-11)18-10-13-9-12(17-15)6-7-16-13/h6-7,9,11,14H,2-5,8,10,15H2,1H3,(H,16,17). The van der Waals surface area contributed by atoms with E-state index in [9.17, 15) is 0 Å². The number of rotatable bonds is 5. The minimum atomic E-state index is 0.403. The number of nitrogens with zero attached hydrogens (tertiary/aromatic N) is 1. The quantitative estimate of drug-likeness (QED) is 0.622. The van der Waals surface area contributed by atoms with E-state index in [-0.39, 0.29) is 0 Å². The van der Waals surface area contributed by atoms with Crippen LogP contribution < -0.4 is 11.3 Å². The number of nitrogens with one attached hydrogen (secondary N) is 1. The Morgan fingerprint density at radius 1 is 1.50 bits per heavy atom. The molecule has 1 aromatic heterocycles. The fourth-order valence-corrected chi connectivity index (χ4v) is 2.61. The Bertz CT molecular complexity index is 370. The van der Waals surface area contributed by atoms with Crippen LogP contribution in [0.25, 0.3) is 0 Å². The molecule has 1 fully saturated rings. The Morgan fingerprint density at radius 2 is 2.39 bits per heavy atom. The molecule has 2 atom stereocenters. The summed E-state index contributed by atoms with van der Waals surface area (Å²) in [5.74, 6) is 6.22. The van der Waals surface area contributed by atoms with E-state index in [1.54, 1.807) is 6.20 Å². The molecule has 1 heterocycles. The van der Waals surface area contributed by atoms with E-state index in [1.165, 1.54) is 32.1 Å². The lowest BCUT2D eigenvalue weighted by atomic mass is 9.85. The number of nitrogens with two attached hydrogens (primary N) is 1. The molecule has 0 spiro atoms. The van der Waals surface area contributed by atoms with Crippen molar-refractivity contribution in [2.45, 2.75) is 51.7 Å². The minimum Gasteiger partial charge on any atom is -0.372 e. The highest BCUT2D eigenvalue weighted by molar-refractivity contribution is 5.41. The highest BCUT2D eigenvalue weighted by Crippen LogP contribution is 2.28. The van der Waals surface area contributed by atoms with Crippen LogP contribution in [0.15, 0.2) is 18.3 Å². The van der Waals surface area contributed by atoms with Crippen LogP contribution in [0.1, 0.15) is 44.7 Å². The molecule has 0 aromatic carbocycles. The smallest absolute Gasteiger partial charge is 0.0892 e. The average Bonchev–Trinajstić information content (AvgIpc) is 2.45. The van der Waals surface area contributed by atoms with E-state index in [0.29, 0.717) is 12.7 Å². The van der Waals surface area contributed by atoms with Crippen molar-refractivity contribution in [3.05, 3.63) is 24.0 Å². The molecule has 1 aromatic rings. The summed E-state index contributed by atoms with van der Waals surface area (Å²) in [5.41, 5.74) is 4.43.